The average molecular weight is 1760 g/mol. The van der Waals surface area contributed by atoms with Crippen LogP contribution < -0.4 is 73.5 Å². The van der Waals surface area contributed by atoms with Gasteiger partial charge in [-0.3, -0.25) is 38.1 Å². The Morgan fingerprint density at radius 3 is 1.98 bits per heavy atom. The Morgan fingerprint density at radius 1 is 0.711 bits per heavy atom. The number of carbonyl (C=O) groups is 8. The first-order chi connectivity index (χ1) is 57.3. The fourth-order valence-electron chi connectivity index (χ4n) is 15.1. The molecule has 0 aromatic heterocycles. The van der Waals surface area contributed by atoms with Crippen LogP contribution in [0.15, 0.2) is 72.8 Å². The van der Waals surface area contributed by atoms with Gasteiger partial charge in [0.25, 0.3) is 0 Å². The van der Waals surface area contributed by atoms with Crippen LogP contribution in [0.3, 0.4) is 0 Å². The van der Waals surface area contributed by atoms with Crippen molar-refractivity contribution >= 4 is 78.1 Å². The van der Waals surface area contributed by atoms with E-state index < -0.39 is 275 Å². The molecule has 7 heterocycles. The number of unbranched alkanes of at least 4 members (excludes halogenated alkanes) is 7. The Bertz CT molecular complexity index is 4650. The molecule has 38 nitrogen and oxygen atoms in total. The lowest BCUT2D eigenvalue weighted by atomic mass is 9.85. The summed E-state index contributed by atoms with van der Waals surface area (Å²) in [6, 6.07) is -2.24. The highest BCUT2D eigenvalue weighted by Gasteiger charge is 2.52. The van der Waals surface area contributed by atoms with Gasteiger partial charge in [0, 0.05) is 54.7 Å². The van der Waals surface area contributed by atoms with Crippen molar-refractivity contribution in [1.82, 2.24) is 47.9 Å². The fraction of sp³-hybridized carbons (Fsp3) is 0.525. The number of hydrogen-bond donors (Lipinski definition) is 23. The van der Waals surface area contributed by atoms with E-state index in [1.165, 1.54) is 50.3 Å². The number of aliphatic hydroxyl groups is 6. The Labute approximate surface area is 705 Å². The standard InChI is InChI=1S/C80H106Cl2N11O27P/c1-6-7-8-9-10-11-12-13-20-85-21-22-87-80(5)32-58(115-37(4)71(80)103)119-70-68(102)67(101)56(34-94)118-79(70)120-69-54-28-41-29-55(69)117-53-19-16-40(27-46(53)82)65(99)64-77(109)91-62(78(110)111)43-30-50(96)44(33-86-35-121(112,113)114)66(100)59(43)42-26-39(15-17-49(42)95)60(74(106)93-64)90-75(107)61(41)89-73(105)48(31-57(84)98)88-76(108)63(92-72(104)47(83)23-36(2)3)51(97)25-38-14-18-52(116-54)45(81)24-38/h14-19,24,26-30,36-37,47-48,51,56,58,60-65,67-68,70-71,79,85-87,94-97,99-103H,6-13,20-23,25,31-35,83H2,1-5H3,(H2,84,98)(H,88,108)(H,89,105)(H,90,107)(H,91,109)(H,92,104)(H,93,106)(H,110,111)(H2,112,113,114)/t37-,47+,48+,51-,56+,58+,60-,61-,62-,63-,64+,65-,67+,68-,70+,71-,79-,80+/m0/s1. The SMILES string of the molecule is CCCCCCCCCCNCCN[C@]1(C)C[C@@H](O[C@H]2[C@H](Oc3c4cc5cc3Oc3ccc(cc3Cl)[C@H](O)[C@H]3NC(=O)[C@@H](NC(=O)[C@H]5NC(=O)[C@@H](CC(N)=O)NC(=O)[C@@H](NC(=O)[C@H](N)CC(C)C)[C@@H](O)Cc5ccc(c(Cl)c5)O4)c4ccc(O)c(c4)-c4c(cc(O)c(CNCP(=O)(O)O)c4O)[C@@H](C(=O)O)NC3=O)O[C@H](CO)[C@@H](O)[C@@H]2O)O[C@@H](C)[C@@H]1O. The third-order valence-electron chi connectivity index (χ3n) is 21.6. The highest BCUT2D eigenvalue weighted by molar-refractivity contribution is 7.51. The predicted octanol–water partition coefficient (Wildman–Crippen LogP) is 2.30. The smallest absolute Gasteiger partial charge is 0.339 e. The lowest BCUT2D eigenvalue weighted by Crippen LogP contribution is -2.65. The molecule has 7 aliphatic heterocycles. The van der Waals surface area contributed by atoms with Crippen LogP contribution >= 0.6 is 30.8 Å². The summed E-state index contributed by atoms with van der Waals surface area (Å²) in [5.74, 6) is -17.2. The summed E-state index contributed by atoms with van der Waals surface area (Å²) >= 11 is 14.3. The van der Waals surface area contributed by atoms with Gasteiger partial charge >= 0.3 is 13.6 Å². The summed E-state index contributed by atoms with van der Waals surface area (Å²) in [5.41, 5.74) is 7.13. The lowest BCUT2D eigenvalue weighted by molar-refractivity contribution is -0.334. The molecule has 7 amide bonds. The average Bonchev–Trinajstić information content (AvgIpc) is 0.813. The zero-order chi connectivity index (χ0) is 88.2. The van der Waals surface area contributed by atoms with E-state index in [0.717, 1.165) is 80.4 Å². The number of aliphatic carboxylic acids is 1. The van der Waals surface area contributed by atoms with Crippen LogP contribution in [0.25, 0.3) is 11.1 Å². The highest BCUT2D eigenvalue weighted by atomic mass is 35.5. The maximum absolute atomic E-state index is 16.3. The van der Waals surface area contributed by atoms with Gasteiger partial charge in [0.05, 0.1) is 59.3 Å². The molecule has 11 bridgehead atoms. The van der Waals surface area contributed by atoms with Crippen molar-refractivity contribution in [3.05, 3.63) is 116 Å². The van der Waals surface area contributed by atoms with Gasteiger partial charge in [-0.1, -0.05) is 107 Å². The van der Waals surface area contributed by atoms with Gasteiger partial charge in [0.2, 0.25) is 53.4 Å². The molecule has 7 aliphatic rings. The van der Waals surface area contributed by atoms with Gasteiger partial charge < -0.3 is 149 Å². The van der Waals surface area contributed by atoms with E-state index in [1.54, 1.807) is 27.7 Å². The number of amides is 7. The number of benzene rings is 5. The van der Waals surface area contributed by atoms with Crippen molar-refractivity contribution in [1.29, 1.82) is 0 Å². The number of carboxylic acids is 1. The van der Waals surface area contributed by atoms with Gasteiger partial charge in [-0.15, -0.1) is 0 Å². The minimum atomic E-state index is -4.85. The van der Waals surface area contributed by atoms with E-state index in [2.05, 4.69) is 54.8 Å². The van der Waals surface area contributed by atoms with Crippen molar-refractivity contribution < 1.29 is 132 Å². The first kappa shape index (κ1) is 94.1. The number of aromatic hydroxyl groups is 3. The molecule has 12 rings (SSSR count). The number of nitrogens with one attached hydrogen (secondary N) is 9. The molecule has 0 saturated carbocycles. The molecule has 0 radical (unpaired) electrons. The number of carboxylic acid groups (broad SMARTS) is 1. The van der Waals surface area contributed by atoms with Crippen LogP contribution in [0.2, 0.25) is 10.0 Å². The second-order valence-electron chi connectivity index (χ2n) is 31.5. The number of rotatable bonds is 29. The molecular formula is C80H106Cl2N11O27P. The van der Waals surface area contributed by atoms with E-state index in [-0.39, 0.29) is 40.7 Å². The monoisotopic (exact) mass is 1750 g/mol. The summed E-state index contributed by atoms with van der Waals surface area (Å²) in [7, 11) is -4.85. The number of aliphatic hydroxyl groups excluding tert-OH is 6. The van der Waals surface area contributed by atoms with Crippen molar-refractivity contribution in [2.45, 2.75) is 227 Å². The highest BCUT2D eigenvalue weighted by Crippen LogP contribution is 2.51. The number of ether oxygens (including phenoxy) is 6. The van der Waals surface area contributed by atoms with Crippen LogP contribution in [-0.4, -0.2) is 226 Å². The molecule has 25 N–H and O–H groups in total. The van der Waals surface area contributed by atoms with E-state index in [4.69, 9.17) is 63.1 Å². The van der Waals surface area contributed by atoms with E-state index in [0.29, 0.717) is 13.1 Å². The second kappa shape index (κ2) is 41.4. The number of hydrogen-bond acceptors (Lipinski definition) is 28. The Morgan fingerprint density at radius 2 is 1.35 bits per heavy atom. The van der Waals surface area contributed by atoms with Crippen LogP contribution in [0, 0.1) is 5.92 Å². The summed E-state index contributed by atoms with van der Waals surface area (Å²) in [6.45, 7) is 8.88. The van der Waals surface area contributed by atoms with Crippen LogP contribution in [0.1, 0.15) is 163 Å². The number of phenolic OH excluding ortho intramolecular Hbond substituents is 3. The van der Waals surface area contributed by atoms with Crippen molar-refractivity contribution in [3.63, 3.8) is 0 Å². The fourth-order valence-corrected chi connectivity index (χ4v) is 16.0. The van der Waals surface area contributed by atoms with Crippen LogP contribution in [-0.2, 0) is 70.1 Å². The molecule has 0 spiro atoms. The summed E-state index contributed by atoms with van der Waals surface area (Å²) in [6.07, 6.45) is -11.0. The Hall–Kier alpha value is -9.13. The maximum atomic E-state index is 16.3. The third kappa shape index (κ3) is 23.4. The van der Waals surface area contributed by atoms with Gasteiger partial charge in [0.15, 0.2) is 29.9 Å². The molecule has 5 aromatic carbocycles. The summed E-state index contributed by atoms with van der Waals surface area (Å²) < 4.78 is 51.4. The largest absolute Gasteiger partial charge is 0.507 e. The molecule has 18 atom stereocenters. The van der Waals surface area contributed by atoms with Gasteiger partial charge in [-0.25, -0.2) is 4.79 Å². The number of halogens is 2. The Kier molecular flexibility index (Phi) is 32.2. The van der Waals surface area contributed by atoms with Crippen molar-refractivity contribution in [3.8, 4) is 57.1 Å². The molecule has 5 aromatic rings. The van der Waals surface area contributed by atoms with Crippen LogP contribution in [0.5, 0.6) is 46.0 Å². The maximum Gasteiger partial charge on any atom is 0.339 e. The van der Waals surface area contributed by atoms with E-state index in [1.807, 2.05) is 0 Å². The van der Waals surface area contributed by atoms with Gasteiger partial charge in [0.1, 0.15) is 83.4 Å². The molecule has 662 valence electrons. The number of phenols is 3. The predicted molar refractivity (Wildman–Crippen MR) is 432 cm³/mol. The number of nitrogens with two attached hydrogens (primary N) is 2. The number of carbonyl (C=O) groups excluding carboxylic acids is 7. The minimum absolute atomic E-state index is 0.0738. The van der Waals surface area contributed by atoms with Gasteiger partial charge in [-0.05, 0) is 116 Å². The van der Waals surface area contributed by atoms with E-state index in [9.17, 15) is 84.6 Å². The molecular weight excluding hydrogens is 1650 g/mol. The molecule has 41 heteroatoms. The molecule has 0 aliphatic carbocycles. The number of fused-ring (bicyclic) bond motifs is 16. The first-order valence-electron chi connectivity index (χ1n) is 39.8. The zero-order valence-corrected chi connectivity index (χ0v) is 69.3. The van der Waals surface area contributed by atoms with Gasteiger partial charge in [-0.2, -0.15) is 0 Å². The van der Waals surface area contributed by atoms with Crippen LogP contribution in [0.4, 0.5) is 0 Å². The Balaban J connectivity index is 1.17. The molecule has 121 heavy (non-hydrogen) atoms. The lowest BCUT2D eigenvalue weighted by Gasteiger charge is -2.48. The zero-order valence-electron chi connectivity index (χ0n) is 66.9. The normalized spacial score (nSPS) is 26.8. The van der Waals surface area contributed by atoms with Crippen molar-refractivity contribution in [2.75, 3.05) is 32.5 Å². The van der Waals surface area contributed by atoms with E-state index >= 15 is 19.2 Å². The minimum Gasteiger partial charge on any atom is -0.507 e. The molecule has 0 unspecified atom stereocenters. The molecule has 2 fully saturated rings. The quantitative estimate of drug-likeness (QED) is 0.0241. The summed E-state index contributed by atoms with van der Waals surface area (Å²) in [5, 5.41) is 141. The third-order valence-corrected chi connectivity index (χ3v) is 22.8. The topological polar surface area (TPSA) is 612 Å². The van der Waals surface area contributed by atoms with Crippen molar-refractivity contribution in [2.24, 2.45) is 17.4 Å². The second-order valence-corrected chi connectivity index (χ2v) is 33.9. The number of primary amides is 1. The molecule has 2 saturated heterocycles. The summed E-state index contributed by atoms with van der Waals surface area (Å²) in [4.78, 5) is 138. The first-order valence-corrected chi connectivity index (χ1v) is 42.3.